The van der Waals surface area contributed by atoms with Crippen LogP contribution in [0.15, 0.2) is 120 Å². The standard InChI is InChI=1S/C61H70N2O2/c1-4-7-10-13-16-24-41-61(42-25-17-14-11-8-5-2)57-30-23-22-29-55(57)56-40-35-49(47-58(56)61)32-34-51-44-50(33-31-48-27-20-19-21-28-48)45-53(46-51)60-63-62-59(65-60)52-36-38-54(39-37-52)64-43-26-18-15-12-9-6-3/h19-23,27-30,35-40,44-47H,4-18,24-26,41-43H2,1-3H3. The molecule has 0 amide bonds. The largest absolute Gasteiger partial charge is 0.494 e. The summed E-state index contributed by atoms with van der Waals surface area (Å²) in [5.74, 6) is 15.6. The Morgan fingerprint density at radius 1 is 0.431 bits per heavy atom. The zero-order chi connectivity index (χ0) is 44.9. The summed E-state index contributed by atoms with van der Waals surface area (Å²) < 4.78 is 12.4. The number of hydrogen-bond acceptors (Lipinski definition) is 4. The van der Waals surface area contributed by atoms with E-state index in [2.05, 4.69) is 103 Å². The molecule has 0 unspecified atom stereocenters. The predicted octanol–water partition coefficient (Wildman–Crippen LogP) is 16.7. The fourth-order valence-electron chi connectivity index (χ4n) is 9.54. The molecule has 1 aliphatic rings. The average Bonchev–Trinajstić information content (AvgIpc) is 3.95. The second kappa shape index (κ2) is 25.0. The van der Waals surface area contributed by atoms with Gasteiger partial charge in [0.1, 0.15) is 5.75 Å². The van der Waals surface area contributed by atoms with Crippen LogP contribution in [0.5, 0.6) is 5.75 Å². The van der Waals surface area contributed by atoms with E-state index in [0.717, 1.165) is 52.2 Å². The first-order chi connectivity index (χ1) is 32.1. The summed E-state index contributed by atoms with van der Waals surface area (Å²) in [5, 5.41) is 8.98. The number of ether oxygens (including phenoxy) is 1. The Morgan fingerprint density at radius 3 is 1.60 bits per heavy atom. The van der Waals surface area contributed by atoms with E-state index < -0.39 is 0 Å². The van der Waals surface area contributed by atoms with E-state index in [9.17, 15) is 0 Å². The lowest BCUT2D eigenvalue weighted by atomic mass is 9.70. The Morgan fingerprint density at radius 2 is 0.954 bits per heavy atom. The van der Waals surface area contributed by atoms with Gasteiger partial charge in [-0.05, 0) is 108 Å². The molecular formula is C61H70N2O2. The predicted molar refractivity (Wildman–Crippen MR) is 271 cm³/mol. The van der Waals surface area contributed by atoms with Crippen LogP contribution in [0, 0.1) is 23.7 Å². The second-order valence-corrected chi connectivity index (χ2v) is 18.1. The van der Waals surface area contributed by atoms with Crippen molar-refractivity contribution < 1.29 is 9.15 Å². The molecule has 0 atom stereocenters. The molecule has 0 radical (unpaired) electrons. The summed E-state index contributed by atoms with van der Waals surface area (Å²) in [6, 6.07) is 40.3. The fraction of sp³-hybridized carbons (Fsp3) is 0.410. The SMILES string of the molecule is CCCCCCCCOc1ccc(-c2nnc(-c3cc(C#Cc4ccccc4)cc(C#Cc4ccc5c(c4)C(CCCCCCCC)(CCCCCCCC)c4ccccc4-5)c3)o2)cc1. The Balaban J connectivity index is 1.15. The molecule has 1 aromatic heterocycles. The molecule has 0 bridgehead atoms. The molecule has 0 N–H and O–H groups in total. The van der Waals surface area contributed by atoms with Crippen LogP contribution in [0.2, 0.25) is 0 Å². The monoisotopic (exact) mass is 863 g/mol. The van der Waals surface area contributed by atoms with Crippen LogP contribution in [0.4, 0.5) is 0 Å². The smallest absolute Gasteiger partial charge is 0.248 e. The lowest BCUT2D eigenvalue weighted by Gasteiger charge is -2.33. The molecule has 65 heavy (non-hydrogen) atoms. The zero-order valence-corrected chi connectivity index (χ0v) is 39.5. The van der Waals surface area contributed by atoms with Crippen molar-refractivity contribution in [3.05, 3.63) is 149 Å². The first-order valence-electron chi connectivity index (χ1n) is 25.2. The molecule has 0 saturated carbocycles. The van der Waals surface area contributed by atoms with Gasteiger partial charge < -0.3 is 9.15 Å². The molecule has 0 aliphatic heterocycles. The molecule has 4 heteroatoms. The number of unbranched alkanes of at least 4 members (excludes halogenated alkanes) is 15. The van der Waals surface area contributed by atoms with Crippen molar-refractivity contribution in [2.24, 2.45) is 0 Å². The van der Waals surface area contributed by atoms with E-state index in [-0.39, 0.29) is 5.41 Å². The topological polar surface area (TPSA) is 48.2 Å². The summed E-state index contributed by atoms with van der Waals surface area (Å²) in [4.78, 5) is 0. The van der Waals surface area contributed by atoms with Gasteiger partial charge in [0.05, 0.1) is 6.61 Å². The third-order valence-corrected chi connectivity index (χ3v) is 13.1. The van der Waals surface area contributed by atoms with Gasteiger partial charge in [0, 0.05) is 38.8 Å². The Bertz CT molecular complexity index is 2490. The summed E-state index contributed by atoms with van der Waals surface area (Å²) in [6.45, 7) is 7.58. The first kappa shape index (κ1) is 47.1. The highest BCUT2D eigenvalue weighted by atomic mass is 16.5. The summed E-state index contributed by atoms with van der Waals surface area (Å²) in [7, 11) is 0. The maximum atomic E-state index is 6.34. The van der Waals surface area contributed by atoms with Crippen LogP contribution in [0.3, 0.4) is 0 Å². The van der Waals surface area contributed by atoms with E-state index in [1.54, 1.807) is 0 Å². The van der Waals surface area contributed by atoms with Gasteiger partial charge in [-0.15, -0.1) is 10.2 Å². The van der Waals surface area contributed by atoms with Crippen LogP contribution >= 0.6 is 0 Å². The number of hydrogen-bond donors (Lipinski definition) is 0. The number of aromatic nitrogens is 2. The average molecular weight is 863 g/mol. The Labute approximate surface area is 391 Å². The molecule has 7 rings (SSSR count). The molecular weight excluding hydrogens is 793 g/mol. The zero-order valence-electron chi connectivity index (χ0n) is 39.5. The Kier molecular flexibility index (Phi) is 18.1. The van der Waals surface area contributed by atoms with Gasteiger partial charge in [-0.25, -0.2) is 0 Å². The van der Waals surface area contributed by atoms with Gasteiger partial charge in [-0.1, -0.05) is 202 Å². The minimum absolute atomic E-state index is 0.00973. The fourth-order valence-corrected chi connectivity index (χ4v) is 9.54. The molecule has 1 heterocycles. The van der Waals surface area contributed by atoms with Gasteiger partial charge in [0.25, 0.3) is 0 Å². The first-order valence-corrected chi connectivity index (χ1v) is 25.2. The van der Waals surface area contributed by atoms with Crippen LogP contribution in [-0.2, 0) is 5.41 Å². The van der Waals surface area contributed by atoms with E-state index in [1.165, 1.54) is 144 Å². The molecule has 336 valence electrons. The van der Waals surface area contributed by atoms with Crippen molar-refractivity contribution in [1.82, 2.24) is 10.2 Å². The molecule has 5 aromatic carbocycles. The van der Waals surface area contributed by atoms with Crippen LogP contribution in [0.1, 0.15) is 183 Å². The van der Waals surface area contributed by atoms with Crippen LogP contribution in [-0.4, -0.2) is 16.8 Å². The highest BCUT2D eigenvalue weighted by Crippen LogP contribution is 2.54. The maximum absolute atomic E-state index is 6.34. The summed E-state index contributed by atoms with van der Waals surface area (Å²) in [5.41, 5.74) is 11.1. The number of rotatable bonds is 24. The van der Waals surface area contributed by atoms with Gasteiger partial charge in [-0.2, -0.15) is 0 Å². The van der Waals surface area contributed by atoms with Crippen molar-refractivity contribution >= 4 is 0 Å². The third-order valence-electron chi connectivity index (χ3n) is 13.1. The number of benzene rings is 5. The minimum Gasteiger partial charge on any atom is -0.494 e. The van der Waals surface area contributed by atoms with Crippen LogP contribution < -0.4 is 4.74 Å². The number of nitrogens with zero attached hydrogens (tertiary/aromatic N) is 2. The van der Waals surface area contributed by atoms with Crippen molar-refractivity contribution in [2.45, 2.75) is 155 Å². The van der Waals surface area contributed by atoms with E-state index in [1.807, 2.05) is 66.7 Å². The van der Waals surface area contributed by atoms with Crippen molar-refractivity contribution in [3.8, 4) is 63.5 Å². The summed E-state index contributed by atoms with van der Waals surface area (Å²) in [6.07, 6.45) is 25.4. The van der Waals surface area contributed by atoms with E-state index >= 15 is 0 Å². The molecule has 4 nitrogen and oxygen atoms in total. The molecule has 0 fully saturated rings. The number of fused-ring (bicyclic) bond motifs is 3. The quantitative estimate of drug-likeness (QED) is 0.0449. The lowest BCUT2D eigenvalue weighted by Crippen LogP contribution is -2.25. The lowest BCUT2D eigenvalue weighted by molar-refractivity contribution is 0.304. The van der Waals surface area contributed by atoms with Crippen molar-refractivity contribution in [2.75, 3.05) is 6.61 Å². The van der Waals surface area contributed by atoms with Gasteiger partial charge in [-0.3, -0.25) is 0 Å². The van der Waals surface area contributed by atoms with E-state index in [4.69, 9.17) is 9.15 Å². The van der Waals surface area contributed by atoms with Gasteiger partial charge in [0.15, 0.2) is 0 Å². The maximum Gasteiger partial charge on any atom is 0.248 e. The molecule has 6 aromatic rings. The van der Waals surface area contributed by atoms with Crippen LogP contribution in [0.25, 0.3) is 34.0 Å². The highest BCUT2D eigenvalue weighted by molar-refractivity contribution is 5.82. The van der Waals surface area contributed by atoms with E-state index in [0.29, 0.717) is 11.8 Å². The molecule has 0 spiro atoms. The van der Waals surface area contributed by atoms with Crippen molar-refractivity contribution in [3.63, 3.8) is 0 Å². The molecule has 0 saturated heterocycles. The Hall–Kier alpha value is -5.84. The second-order valence-electron chi connectivity index (χ2n) is 18.1. The normalized spacial score (nSPS) is 12.2. The minimum atomic E-state index is 0.00973. The summed E-state index contributed by atoms with van der Waals surface area (Å²) >= 11 is 0. The van der Waals surface area contributed by atoms with Gasteiger partial charge >= 0.3 is 0 Å². The highest BCUT2D eigenvalue weighted by Gasteiger charge is 2.42. The van der Waals surface area contributed by atoms with Gasteiger partial charge in [0.2, 0.25) is 11.8 Å². The van der Waals surface area contributed by atoms with Crippen molar-refractivity contribution in [1.29, 1.82) is 0 Å². The third kappa shape index (κ3) is 13.1. The molecule has 1 aliphatic carbocycles.